The number of benzene rings is 2. The summed E-state index contributed by atoms with van der Waals surface area (Å²) in [4.78, 5) is 24.9. The van der Waals surface area contributed by atoms with E-state index in [1.807, 2.05) is 48.7 Å². The van der Waals surface area contributed by atoms with Crippen LogP contribution >= 0.6 is 27.7 Å². The van der Waals surface area contributed by atoms with Crippen molar-refractivity contribution in [2.75, 3.05) is 6.54 Å². The molecule has 0 aliphatic rings. The molecule has 170 valence electrons. The molecule has 34 heavy (non-hydrogen) atoms. The molecule has 0 saturated heterocycles. The summed E-state index contributed by atoms with van der Waals surface area (Å²) in [5.74, 6) is 0.186. The molecule has 0 saturated carbocycles. The first-order chi connectivity index (χ1) is 16.7. The van der Waals surface area contributed by atoms with E-state index in [4.69, 9.17) is 0 Å². The molecule has 0 aliphatic carbocycles. The van der Waals surface area contributed by atoms with Crippen molar-refractivity contribution in [3.63, 3.8) is 0 Å². The Hall–Kier alpha value is -3.50. The number of rotatable bonds is 8. The summed E-state index contributed by atoms with van der Waals surface area (Å²) < 4.78 is 2.65. The van der Waals surface area contributed by atoms with Crippen LogP contribution in [-0.2, 0) is 12.2 Å². The molecule has 2 aromatic carbocycles. The van der Waals surface area contributed by atoms with Gasteiger partial charge in [-0.1, -0.05) is 51.1 Å². The number of aromatic amines is 1. The highest BCUT2D eigenvalue weighted by Gasteiger charge is 2.21. The van der Waals surface area contributed by atoms with E-state index < -0.39 is 0 Å². The van der Waals surface area contributed by atoms with Gasteiger partial charge in [0.2, 0.25) is 0 Å². The number of nitrogens with zero attached hydrogens (tertiary/aromatic N) is 5. The summed E-state index contributed by atoms with van der Waals surface area (Å²) >= 11 is 4.88. The third-order valence-electron chi connectivity index (χ3n) is 5.28. The third kappa shape index (κ3) is 4.87. The van der Waals surface area contributed by atoms with Crippen LogP contribution in [0.3, 0.4) is 0 Å². The molecular weight excluding hydrogens is 514 g/mol. The predicted molar refractivity (Wildman–Crippen MR) is 135 cm³/mol. The van der Waals surface area contributed by atoms with Crippen LogP contribution in [0.5, 0.6) is 0 Å². The number of thioether (sulfide) groups is 1. The molecule has 5 aromatic rings. The van der Waals surface area contributed by atoms with Crippen molar-refractivity contribution in [1.82, 2.24) is 35.3 Å². The molecule has 2 N–H and O–H groups in total. The van der Waals surface area contributed by atoms with Gasteiger partial charge < -0.3 is 10.3 Å². The largest absolute Gasteiger partial charge is 0.361 e. The van der Waals surface area contributed by atoms with E-state index in [0.29, 0.717) is 35.3 Å². The topological polar surface area (TPSA) is 101 Å². The zero-order chi connectivity index (χ0) is 23.3. The Bertz CT molecular complexity index is 1420. The monoisotopic (exact) mass is 533 g/mol. The average Bonchev–Trinajstić information content (AvgIpc) is 3.48. The number of nitrogens with one attached hydrogen (secondary N) is 2. The zero-order valence-corrected chi connectivity index (χ0v) is 20.4. The summed E-state index contributed by atoms with van der Waals surface area (Å²) in [6.07, 6.45) is 6.08. The Kier molecular flexibility index (Phi) is 6.68. The first kappa shape index (κ1) is 22.3. The smallest absolute Gasteiger partial charge is 0.273 e. The molecule has 0 fully saturated rings. The van der Waals surface area contributed by atoms with Gasteiger partial charge in [0, 0.05) is 46.3 Å². The summed E-state index contributed by atoms with van der Waals surface area (Å²) in [6.45, 7) is 0.486. The van der Waals surface area contributed by atoms with E-state index in [0.717, 1.165) is 26.6 Å². The standard InChI is InChI=1S/C24H20BrN7OS/c25-17-6-8-18(9-7-17)32-21(15-34-24-27-11-3-12-28-24)22(30-31-32)23(33)26-13-10-16-14-29-20-5-2-1-4-19(16)20/h1-9,11-12,14,29H,10,13,15H2,(H,26,33). The second kappa shape index (κ2) is 10.2. The van der Waals surface area contributed by atoms with Crippen LogP contribution < -0.4 is 5.32 Å². The quantitative estimate of drug-likeness (QED) is 0.224. The normalized spacial score (nSPS) is 11.1. The van der Waals surface area contributed by atoms with Crippen LogP contribution in [0.25, 0.3) is 16.6 Å². The molecule has 3 heterocycles. The van der Waals surface area contributed by atoms with E-state index in [1.165, 1.54) is 11.8 Å². The third-order valence-corrected chi connectivity index (χ3v) is 6.70. The van der Waals surface area contributed by atoms with Crippen molar-refractivity contribution in [2.24, 2.45) is 0 Å². The number of carbonyl (C=O) groups is 1. The molecule has 5 rings (SSSR count). The number of halogens is 1. The van der Waals surface area contributed by atoms with Gasteiger partial charge in [-0.3, -0.25) is 4.79 Å². The van der Waals surface area contributed by atoms with Gasteiger partial charge in [0.25, 0.3) is 5.91 Å². The molecule has 1 amide bonds. The van der Waals surface area contributed by atoms with Crippen molar-refractivity contribution in [3.05, 3.63) is 94.6 Å². The number of para-hydroxylation sites is 1. The molecule has 0 aliphatic heterocycles. The van der Waals surface area contributed by atoms with Crippen LogP contribution in [0.15, 0.2) is 82.8 Å². The summed E-state index contributed by atoms with van der Waals surface area (Å²) in [5.41, 5.74) is 4.04. The minimum absolute atomic E-state index is 0.257. The maximum Gasteiger partial charge on any atom is 0.273 e. The lowest BCUT2D eigenvalue weighted by atomic mass is 10.1. The van der Waals surface area contributed by atoms with Crippen molar-refractivity contribution < 1.29 is 4.79 Å². The van der Waals surface area contributed by atoms with E-state index in [-0.39, 0.29) is 5.91 Å². The predicted octanol–water partition coefficient (Wildman–Crippen LogP) is 4.57. The van der Waals surface area contributed by atoms with Gasteiger partial charge >= 0.3 is 0 Å². The Morgan fingerprint density at radius 3 is 2.68 bits per heavy atom. The van der Waals surface area contributed by atoms with E-state index in [9.17, 15) is 4.79 Å². The van der Waals surface area contributed by atoms with Crippen LogP contribution in [0.4, 0.5) is 0 Å². The Morgan fingerprint density at radius 2 is 1.85 bits per heavy atom. The number of H-pyrrole nitrogens is 1. The van der Waals surface area contributed by atoms with Gasteiger partial charge in [-0.25, -0.2) is 14.6 Å². The summed E-state index contributed by atoms with van der Waals surface area (Å²) in [5, 5.41) is 13.3. The molecule has 0 radical (unpaired) electrons. The second-order valence-electron chi connectivity index (χ2n) is 7.46. The van der Waals surface area contributed by atoms with E-state index in [2.05, 4.69) is 52.6 Å². The van der Waals surface area contributed by atoms with Crippen LogP contribution in [0.1, 0.15) is 21.7 Å². The van der Waals surface area contributed by atoms with Crippen LogP contribution in [0, 0.1) is 0 Å². The SMILES string of the molecule is O=C(NCCc1c[nH]c2ccccc12)c1nnn(-c2ccc(Br)cc2)c1CSc1ncccn1. The lowest BCUT2D eigenvalue weighted by Gasteiger charge is -2.08. The van der Waals surface area contributed by atoms with Gasteiger partial charge in [0.1, 0.15) is 0 Å². The average molecular weight is 534 g/mol. The van der Waals surface area contributed by atoms with Crippen molar-refractivity contribution >= 4 is 44.5 Å². The Labute approximate surface area is 208 Å². The van der Waals surface area contributed by atoms with Crippen molar-refractivity contribution in [2.45, 2.75) is 17.3 Å². The zero-order valence-electron chi connectivity index (χ0n) is 18.0. The highest BCUT2D eigenvalue weighted by atomic mass is 79.9. The second-order valence-corrected chi connectivity index (χ2v) is 9.32. The Morgan fingerprint density at radius 1 is 1.06 bits per heavy atom. The maximum absolute atomic E-state index is 13.1. The van der Waals surface area contributed by atoms with E-state index >= 15 is 0 Å². The first-order valence-electron chi connectivity index (χ1n) is 10.6. The maximum atomic E-state index is 13.1. The highest BCUT2D eigenvalue weighted by molar-refractivity contribution is 9.10. The molecule has 0 atom stereocenters. The number of carbonyl (C=O) groups excluding carboxylic acids is 1. The van der Waals surface area contributed by atoms with Gasteiger partial charge in [0.15, 0.2) is 10.9 Å². The summed E-state index contributed by atoms with van der Waals surface area (Å²) in [7, 11) is 0. The molecule has 0 spiro atoms. The molecule has 0 bridgehead atoms. The van der Waals surface area contributed by atoms with Crippen LogP contribution in [0.2, 0.25) is 0 Å². The highest BCUT2D eigenvalue weighted by Crippen LogP contribution is 2.24. The Balaban J connectivity index is 1.34. The van der Waals surface area contributed by atoms with Crippen molar-refractivity contribution in [3.8, 4) is 5.69 Å². The number of hydrogen-bond acceptors (Lipinski definition) is 6. The molecule has 8 nitrogen and oxygen atoms in total. The minimum atomic E-state index is -0.257. The first-order valence-corrected chi connectivity index (χ1v) is 12.4. The molecule has 10 heteroatoms. The fraction of sp³-hybridized carbons (Fsp3) is 0.125. The van der Waals surface area contributed by atoms with E-state index in [1.54, 1.807) is 23.1 Å². The lowest BCUT2D eigenvalue weighted by molar-refractivity contribution is 0.0948. The van der Waals surface area contributed by atoms with Crippen molar-refractivity contribution in [1.29, 1.82) is 0 Å². The van der Waals surface area contributed by atoms with Crippen LogP contribution in [-0.4, -0.2) is 42.4 Å². The molecule has 0 unspecified atom stereocenters. The minimum Gasteiger partial charge on any atom is -0.361 e. The number of fused-ring (bicyclic) bond motifs is 1. The number of amides is 1. The van der Waals surface area contributed by atoms with Gasteiger partial charge in [-0.15, -0.1) is 5.10 Å². The van der Waals surface area contributed by atoms with Gasteiger partial charge in [-0.05, 0) is 48.4 Å². The lowest BCUT2D eigenvalue weighted by Crippen LogP contribution is -2.27. The number of aromatic nitrogens is 6. The summed E-state index contributed by atoms with van der Waals surface area (Å²) in [6, 6.07) is 17.6. The van der Waals surface area contributed by atoms with Gasteiger partial charge in [0.05, 0.1) is 11.4 Å². The molecule has 3 aromatic heterocycles. The fourth-order valence-electron chi connectivity index (χ4n) is 3.62. The fourth-order valence-corrected chi connectivity index (χ4v) is 4.68. The molecular formula is C24H20BrN7OS. The number of hydrogen-bond donors (Lipinski definition) is 2. The van der Waals surface area contributed by atoms with Gasteiger partial charge in [-0.2, -0.15) is 0 Å².